The van der Waals surface area contributed by atoms with Gasteiger partial charge in [0.1, 0.15) is 11.9 Å². The first-order valence-corrected chi connectivity index (χ1v) is 11.1. The average Bonchev–Trinajstić information content (AvgIpc) is 2.75. The van der Waals surface area contributed by atoms with E-state index in [0.717, 1.165) is 5.56 Å². The maximum Gasteiger partial charge on any atom is 0.243 e. The summed E-state index contributed by atoms with van der Waals surface area (Å²) in [6, 6.07) is 11.0. The highest BCUT2D eigenvalue weighted by atomic mass is 35.5. The predicted molar refractivity (Wildman–Crippen MR) is 111 cm³/mol. The zero-order chi connectivity index (χ0) is 21.3. The Balaban J connectivity index is 1.66. The SMILES string of the molecule is Cc1cc(S(=O)(=O)N2CCO[C@@H](c3nccnc3-c3cccc(Cl)c3)C2)ccc1F. The van der Waals surface area contributed by atoms with Crippen LogP contribution in [-0.2, 0) is 14.8 Å². The first-order valence-electron chi connectivity index (χ1n) is 9.31. The lowest BCUT2D eigenvalue weighted by atomic mass is 10.1. The Morgan fingerprint density at radius 1 is 1.17 bits per heavy atom. The molecule has 0 unspecified atom stereocenters. The van der Waals surface area contributed by atoms with Gasteiger partial charge in [-0.1, -0.05) is 23.7 Å². The molecule has 1 fully saturated rings. The number of hydrogen-bond acceptors (Lipinski definition) is 5. The van der Waals surface area contributed by atoms with Gasteiger partial charge < -0.3 is 4.74 Å². The molecule has 156 valence electrons. The van der Waals surface area contributed by atoms with Crippen molar-refractivity contribution >= 4 is 21.6 Å². The third kappa shape index (κ3) is 4.09. The minimum atomic E-state index is -3.81. The van der Waals surface area contributed by atoms with E-state index in [2.05, 4.69) is 9.97 Å². The van der Waals surface area contributed by atoms with Gasteiger partial charge in [-0.05, 0) is 42.8 Å². The van der Waals surface area contributed by atoms with Crippen LogP contribution in [-0.4, -0.2) is 42.4 Å². The lowest BCUT2D eigenvalue weighted by Crippen LogP contribution is -2.42. The van der Waals surface area contributed by atoms with Gasteiger partial charge in [-0.3, -0.25) is 9.97 Å². The van der Waals surface area contributed by atoms with Crippen LogP contribution in [0, 0.1) is 12.7 Å². The van der Waals surface area contributed by atoms with Crippen molar-refractivity contribution in [3.63, 3.8) is 0 Å². The van der Waals surface area contributed by atoms with Gasteiger partial charge in [0.2, 0.25) is 10.0 Å². The molecule has 0 spiro atoms. The van der Waals surface area contributed by atoms with E-state index in [1.54, 1.807) is 24.5 Å². The lowest BCUT2D eigenvalue weighted by molar-refractivity contribution is -0.00477. The Bertz CT molecular complexity index is 1190. The highest BCUT2D eigenvalue weighted by molar-refractivity contribution is 7.89. The molecule has 3 aromatic rings. The zero-order valence-electron chi connectivity index (χ0n) is 16.1. The van der Waals surface area contributed by atoms with Crippen LogP contribution in [0.3, 0.4) is 0 Å². The Hall–Kier alpha value is -2.39. The minimum Gasteiger partial charge on any atom is -0.369 e. The summed E-state index contributed by atoms with van der Waals surface area (Å²) in [6.07, 6.45) is 2.51. The number of aryl methyl sites for hydroxylation is 1. The number of ether oxygens (including phenoxy) is 1. The Morgan fingerprint density at radius 2 is 1.97 bits per heavy atom. The summed E-state index contributed by atoms with van der Waals surface area (Å²) in [5, 5.41) is 0.560. The highest BCUT2D eigenvalue weighted by Crippen LogP contribution is 2.32. The first-order chi connectivity index (χ1) is 14.4. The van der Waals surface area contributed by atoms with Gasteiger partial charge in [0.05, 0.1) is 22.9 Å². The Morgan fingerprint density at radius 3 is 2.73 bits per heavy atom. The smallest absolute Gasteiger partial charge is 0.243 e. The van der Waals surface area contributed by atoms with Crippen LogP contribution in [0.4, 0.5) is 4.39 Å². The van der Waals surface area contributed by atoms with Gasteiger partial charge in [0.25, 0.3) is 0 Å². The molecular weight excluding hydrogens is 429 g/mol. The normalized spacial score (nSPS) is 17.8. The maximum atomic E-state index is 13.6. The van der Waals surface area contributed by atoms with Crippen LogP contribution in [0.25, 0.3) is 11.3 Å². The molecule has 0 amide bonds. The van der Waals surface area contributed by atoms with Gasteiger partial charge in [-0.2, -0.15) is 4.31 Å². The third-order valence-electron chi connectivity index (χ3n) is 4.93. The molecule has 6 nitrogen and oxygen atoms in total. The molecule has 1 saturated heterocycles. The van der Waals surface area contributed by atoms with Crippen molar-refractivity contribution in [1.82, 2.24) is 14.3 Å². The van der Waals surface area contributed by atoms with E-state index in [-0.39, 0.29) is 30.2 Å². The minimum absolute atomic E-state index is 0.0521. The Labute approximate surface area is 179 Å². The number of hydrogen-bond donors (Lipinski definition) is 0. The molecule has 30 heavy (non-hydrogen) atoms. The first kappa shape index (κ1) is 20.9. The second kappa shape index (κ2) is 8.39. The van der Waals surface area contributed by atoms with Crippen LogP contribution in [0.15, 0.2) is 59.8 Å². The molecule has 0 saturated carbocycles. The van der Waals surface area contributed by atoms with Gasteiger partial charge in [-0.15, -0.1) is 0 Å². The fourth-order valence-electron chi connectivity index (χ4n) is 3.38. The summed E-state index contributed by atoms with van der Waals surface area (Å²) in [5.41, 5.74) is 2.17. The lowest BCUT2D eigenvalue weighted by Gasteiger charge is -2.32. The van der Waals surface area contributed by atoms with E-state index in [9.17, 15) is 12.8 Å². The van der Waals surface area contributed by atoms with Crippen molar-refractivity contribution in [1.29, 1.82) is 0 Å². The molecule has 0 radical (unpaired) electrons. The van der Waals surface area contributed by atoms with Crippen molar-refractivity contribution in [2.45, 2.75) is 17.9 Å². The number of benzene rings is 2. The van der Waals surface area contributed by atoms with E-state index in [4.69, 9.17) is 16.3 Å². The molecule has 0 bridgehead atoms. The van der Waals surface area contributed by atoms with Crippen molar-refractivity contribution in [2.75, 3.05) is 19.7 Å². The second-order valence-electron chi connectivity index (χ2n) is 6.93. The van der Waals surface area contributed by atoms with E-state index in [1.807, 2.05) is 12.1 Å². The summed E-state index contributed by atoms with van der Waals surface area (Å²) < 4.78 is 47.0. The fourth-order valence-corrected chi connectivity index (χ4v) is 5.08. The summed E-state index contributed by atoms with van der Waals surface area (Å²) in [5.74, 6) is -0.445. The van der Waals surface area contributed by atoms with Crippen LogP contribution in [0.5, 0.6) is 0 Å². The molecule has 1 aromatic heterocycles. The molecule has 2 heterocycles. The maximum absolute atomic E-state index is 13.6. The number of halogens is 2. The standard InChI is InChI=1S/C21H19ClFN3O3S/c1-14-11-17(5-6-18(14)23)30(27,28)26-9-10-29-19(13-26)21-20(24-7-8-25-21)15-3-2-4-16(22)12-15/h2-8,11-12,19H,9-10,13H2,1H3/t19-/m1/s1. The summed E-state index contributed by atoms with van der Waals surface area (Å²) in [4.78, 5) is 8.89. The van der Waals surface area contributed by atoms with E-state index in [1.165, 1.54) is 29.4 Å². The van der Waals surface area contributed by atoms with Crippen LogP contribution < -0.4 is 0 Å². The largest absolute Gasteiger partial charge is 0.369 e. The van der Waals surface area contributed by atoms with Gasteiger partial charge in [0, 0.05) is 36.1 Å². The Kier molecular flexibility index (Phi) is 5.84. The fraction of sp³-hybridized carbons (Fsp3) is 0.238. The molecule has 1 aliphatic heterocycles. The monoisotopic (exact) mass is 447 g/mol. The van der Waals surface area contributed by atoms with E-state index in [0.29, 0.717) is 16.4 Å². The van der Waals surface area contributed by atoms with E-state index < -0.39 is 21.9 Å². The summed E-state index contributed by atoms with van der Waals surface area (Å²) in [6.45, 7) is 2.01. The highest BCUT2D eigenvalue weighted by Gasteiger charge is 2.33. The number of rotatable bonds is 4. The van der Waals surface area contributed by atoms with Gasteiger partial charge >= 0.3 is 0 Å². The van der Waals surface area contributed by atoms with Gasteiger partial charge in [0.15, 0.2) is 0 Å². The topological polar surface area (TPSA) is 72.4 Å². The molecule has 0 aliphatic carbocycles. The van der Waals surface area contributed by atoms with Crippen LogP contribution in [0.1, 0.15) is 17.4 Å². The number of aromatic nitrogens is 2. The van der Waals surface area contributed by atoms with Crippen molar-refractivity contribution in [2.24, 2.45) is 0 Å². The summed E-state index contributed by atoms with van der Waals surface area (Å²) >= 11 is 6.11. The number of morpholine rings is 1. The number of nitrogens with zero attached hydrogens (tertiary/aromatic N) is 3. The third-order valence-corrected chi connectivity index (χ3v) is 7.02. The molecular formula is C21H19ClFN3O3S. The molecule has 1 aliphatic rings. The second-order valence-corrected chi connectivity index (χ2v) is 9.31. The quantitative estimate of drug-likeness (QED) is 0.604. The summed E-state index contributed by atoms with van der Waals surface area (Å²) in [7, 11) is -3.81. The molecule has 2 aromatic carbocycles. The van der Waals surface area contributed by atoms with Crippen molar-refractivity contribution < 1.29 is 17.5 Å². The molecule has 9 heteroatoms. The van der Waals surface area contributed by atoms with E-state index >= 15 is 0 Å². The van der Waals surface area contributed by atoms with Crippen LogP contribution >= 0.6 is 11.6 Å². The number of sulfonamides is 1. The molecule has 4 rings (SSSR count). The molecule has 1 atom stereocenters. The molecule has 0 N–H and O–H groups in total. The zero-order valence-corrected chi connectivity index (χ0v) is 17.7. The predicted octanol–water partition coefficient (Wildman–Crippen LogP) is 4.01. The average molecular weight is 448 g/mol. The van der Waals surface area contributed by atoms with Crippen molar-refractivity contribution in [3.8, 4) is 11.3 Å². The van der Waals surface area contributed by atoms with Crippen LogP contribution in [0.2, 0.25) is 5.02 Å². The van der Waals surface area contributed by atoms with Crippen molar-refractivity contribution in [3.05, 3.63) is 77.0 Å². The van der Waals surface area contributed by atoms with Gasteiger partial charge in [-0.25, -0.2) is 12.8 Å².